The first-order chi connectivity index (χ1) is 9.76. The summed E-state index contributed by atoms with van der Waals surface area (Å²) in [4.78, 5) is 34.7. The number of hydrogen-bond donors (Lipinski definition) is 1. The summed E-state index contributed by atoms with van der Waals surface area (Å²) in [5, 5.41) is 13.4. The van der Waals surface area contributed by atoms with Crippen LogP contribution in [-0.2, 0) is 9.53 Å². The minimum atomic E-state index is -0.760. The van der Waals surface area contributed by atoms with Crippen LogP contribution in [0.2, 0.25) is 0 Å². The molecule has 0 unspecified atom stereocenters. The van der Waals surface area contributed by atoms with Gasteiger partial charge in [0.15, 0.2) is 0 Å². The molecule has 1 aromatic rings. The number of thiophene rings is 1. The maximum absolute atomic E-state index is 12.1. The maximum Gasteiger partial charge on any atom is 0.328 e. The van der Waals surface area contributed by atoms with Crippen molar-refractivity contribution in [2.24, 2.45) is 5.92 Å². The summed E-state index contributed by atoms with van der Waals surface area (Å²) in [6.45, 7) is 5.41. The Labute approximate surface area is 126 Å². The molecule has 8 heteroatoms. The van der Waals surface area contributed by atoms with Gasteiger partial charge < -0.3 is 10.1 Å². The van der Waals surface area contributed by atoms with Gasteiger partial charge in [-0.1, -0.05) is 13.8 Å². The molecule has 1 N–H and O–H groups in total. The molecule has 0 saturated heterocycles. The fourth-order valence-corrected chi connectivity index (χ4v) is 2.71. The second-order valence-corrected chi connectivity index (χ2v) is 6.24. The van der Waals surface area contributed by atoms with Crippen LogP contribution in [0.15, 0.2) is 6.07 Å². The number of hydrogen-bond acceptors (Lipinski definition) is 6. The Hall–Kier alpha value is -1.96. The molecule has 1 atom stereocenters. The lowest BCUT2D eigenvalue weighted by atomic mass is 10.0. The lowest BCUT2D eigenvalue weighted by Crippen LogP contribution is -2.42. The van der Waals surface area contributed by atoms with Crippen molar-refractivity contribution >= 4 is 28.9 Å². The van der Waals surface area contributed by atoms with E-state index in [4.69, 9.17) is 0 Å². The molecule has 1 heterocycles. The quantitative estimate of drug-likeness (QED) is 0.493. The Morgan fingerprint density at radius 3 is 2.52 bits per heavy atom. The topological polar surface area (TPSA) is 98.5 Å². The summed E-state index contributed by atoms with van der Waals surface area (Å²) in [6.07, 6.45) is 0.435. The maximum atomic E-state index is 12.1. The molecule has 0 aliphatic rings. The zero-order valence-corrected chi connectivity index (χ0v) is 13.2. The van der Waals surface area contributed by atoms with Crippen LogP contribution < -0.4 is 5.32 Å². The molecule has 7 nitrogen and oxygen atoms in total. The summed E-state index contributed by atoms with van der Waals surface area (Å²) < 4.78 is 4.66. The van der Waals surface area contributed by atoms with E-state index >= 15 is 0 Å². The molecule has 21 heavy (non-hydrogen) atoms. The smallest absolute Gasteiger partial charge is 0.328 e. The van der Waals surface area contributed by atoms with Crippen molar-refractivity contribution in [3.05, 3.63) is 25.9 Å². The molecule has 0 aliphatic heterocycles. The zero-order chi connectivity index (χ0) is 16.2. The summed E-state index contributed by atoms with van der Waals surface area (Å²) in [6, 6.07) is 0.461. The first kappa shape index (κ1) is 17.1. The molecule has 0 fully saturated rings. The van der Waals surface area contributed by atoms with E-state index in [1.54, 1.807) is 6.92 Å². The Balaban J connectivity index is 2.89. The molecule has 0 spiro atoms. The predicted octanol–water partition coefficient (Wildman–Crippen LogP) is 2.28. The van der Waals surface area contributed by atoms with Crippen molar-refractivity contribution in [1.82, 2.24) is 5.32 Å². The van der Waals surface area contributed by atoms with E-state index in [0.717, 1.165) is 11.3 Å². The Bertz CT molecular complexity index is 553. The van der Waals surface area contributed by atoms with Crippen LogP contribution in [0, 0.1) is 23.0 Å². The van der Waals surface area contributed by atoms with Crippen LogP contribution >= 0.6 is 11.3 Å². The van der Waals surface area contributed by atoms with Crippen LogP contribution in [0.1, 0.15) is 34.8 Å². The van der Waals surface area contributed by atoms with Crippen molar-refractivity contribution in [3.8, 4) is 0 Å². The van der Waals surface area contributed by atoms with E-state index < -0.39 is 22.8 Å². The molecule has 0 aliphatic carbocycles. The molecule has 0 aromatic carbocycles. The lowest BCUT2D eigenvalue weighted by molar-refractivity contribution is -0.385. The van der Waals surface area contributed by atoms with Crippen molar-refractivity contribution in [3.63, 3.8) is 0 Å². The van der Waals surface area contributed by atoms with E-state index in [1.807, 2.05) is 13.8 Å². The monoisotopic (exact) mass is 314 g/mol. The van der Waals surface area contributed by atoms with Crippen LogP contribution in [0.25, 0.3) is 0 Å². The number of nitrogens with one attached hydrogen (secondary N) is 1. The summed E-state index contributed by atoms with van der Waals surface area (Å²) in [5.74, 6) is -0.846. The third kappa shape index (κ3) is 4.52. The van der Waals surface area contributed by atoms with Gasteiger partial charge in [0.2, 0.25) is 0 Å². The molecular formula is C13H18N2O5S. The highest BCUT2D eigenvalue weighted by Gasteiger charge is 2.26. The van der Waals surface area contributed by atoms with Gasteiger partial charge in [-0.3, -0.25) is 14.9 Å². The average Bonchev–Trinajstić information content (AvgIpc) is 2.78. The first-order valence-corrected chi connectivity index (χ1v) is 7.21. The van der Waals surface area contributed by atoms with E-state index in [0.29, 0.717) is 11.3 Å². The van der Waals surface area contributed by atoms with E-state index in [9.17, 15) is 19.7 Å². The molecule has 0 radical (unpaired) electrons. The molecule has 1 amide bonds. The SMILES string of the molecule is COC(=O)[C@H](CC(C)C)NC(=O)c1cc([N+](=O)[O-])c(C)s1. The average molecular weight is 314 g/mol. The van der Waals surface area contributed by atoms with E-state index in [-0.39, 0.29) is 16.5 Å². The second kappa shape index (κ2) is 7.16. The van der Waals surface area contributed by atoms with Crippen LogP contribution in [-0.4, -0.2) is 30.0 Å². The van der Waals surface area contributed by atoms with Crippen LogP contribution in [0.3, 0.4) is 0 Å². The van der Waals surface area contributed by atoms with Crippen molar-refractivity contribution in [2.45, 2.75) is 33.2 Å². The van der Waals surface area contributed by atoms with Gasteiger partial charge in [-0.25, -0.2) is 4.79 Å². The number of carbonyl (C=O) groups excluding carboxylic acids is 2. The highest BCUT2D eigenvalue weighted by molar-refractivity contribution is 7.14. The molecule has 1 aromatic heterocycles. The highest BCUT2D eigenvalue weighted by Crippen LogP contribution is 2.28. The van der Waals surface area contributed by atoms with E-state index in [1.165, 1.54) is 13.2 Å². The minimum Gasteiger partial charge on any atom is -0.467 e. The summed E-state index contributed by atoms with van der Waals surface area (Å²) >= 11 is 1.03. The number of methoxy groups -OCH3 is 1. The number of aryl methyl sites for hydroxylation is 1. The number of carbonyl (C=O) groups is 2. The van der Waals surface area contributed by atoms with Gasteiger partial charge in [0.1, 0.15) is 6.04 Å². The van der Waals surface area contributed by atoms with Crippen molar-refractivity contribution in [2.75, 3.05) is 7.11 Å². The van der Waals surface area contributed by atoms with Crippen LogP contribution in [0.4, 0.5) is 5.69 Å². The Kier molecular flexibility index (Phi) is 5.83. The highest BCUT2D eigenvalue weighted by atomic mass is 32.1. The fourth-order valence-electron chi connectivity index (χ4n) is 1.82. The lowest BCUT2D eigenvalue weighted by Gasteiger charge is -2.17. The Morgan fingerprint density at radius 1 is 1.48 bits per heavy atom. The number of amides is 1. The summed E-state index contributed by atoms with van der Waals surface area (Å²) in [7, 11) is 1.25. The van der Waals surface area contributed by atoms with E-state index in [2.05, 4.69) is 10.1 Å². The van der Waals surface area contributed by atoms with Crippen molar-refractivity contribution < 1.29 is 19.2 Å². The predicted molar refractivity (Wildman–Crippen MR) is 78.4 cm³/mol. The van der Waals surface area contributed by atoms with Gasteiger partial charge in [-0.05, 0) is 19.3 Å². The number of nitro groups is 1. The third-order valence-corrected chi connectivity index (χ3v) is 3.85. The number of ether oxygens (including phenoxy) is 1. The molecule has 0 saturated carbocycles. The third-order valence-electron chi connectivity index (χ3n) is 2.81. The Morgan fingerprint density at radius 2 is 2.10 bits per heavy atom. The standard InChI is InChI=1S/C13H18N2O5S/c1-7(2)5-9(13(17)20-4)14-12(16)11-6-10(15(18)19)8(3)21-11/h6-7,9H,5H2,1-4H3,(H,14,16)/t9-/m0/s1. The van der Waals surface area contributed by atoms with Gasteiger partial charge in [0, 0.05) is 6.07 Å². The largest absolute Gasteiger partial charge is 0.467 e. The second-order valence-electron chi connectivity index (χ2n) is 4.99. The molecular weight excluding hydrogens is 296 g/mol. The van der Waals surface area contributed by atoms with Crippen LogP contribution in [0.5, 0.6) is 0 Å². The summed E-state index contributed by atoms with van der Waals surface area (Å²) in [5.41, 5.74) is -0.0939. The van der Waals surface area contributed by atoms with Gasteiger partial charge in [-0.15, -0.1) is 11.3 Å². The van der Waals surface area contributed by atoms with Gasteiger partial charge in [-0.2, -0.15) is 0 Å². The normalized spacial score (nSPS) is 12.0. The molecule has 116 valence electrons. The van der Waals surface area contributed by atoms with Gasteiger partial charge in [0.05, 0.1) is 21.8 Å². The molecule has 0 bridgehead atoms. The number of nitrogens with zero attached hydrogens (tertiary/aromatic N) is 1. The van der Waals surface area contributed by atoms with Gasteiger partial charge in [0.25, 0.3) is 11.6 Å². The zero-order valence-electron chi connectivity index (χ0n) is 12.3. The number of rotatable bonds is 6. The first-order valence-electron chi connectivity index (χ1n) is 6.39. The molecule has 1 rings (SSSR count). The van der Waals surface area contributed by atoms with Gasteiger partial charge >= 0.3 is 5.97 Å². The minimum absolute atomic E-state index is 0.0939. The number of esters is 1. The fraction of sp³-hybridized carbons (Fsp3) is 0.538. The van der Waals surface area contributed by atoms with Crippen molar-refractivity contribution in [1.29, 1.82) is 0 Å².